The Balaban J connectivity index is 1.99. The lowest BCUT2D eigenvalue weighted by Crippen LogP contribution is -1.98. The van der Waals surface area contributed by atoms with E-state index in [1.165, 1.54) is 102 Å². The molecule has 0 atom stereocenters. The third kappa shape index (κ3) is 14.7. The van der Waals surface area contributed by atoms with Crippen molar-refractivity contribution >= 4 is 0 Å². The second-order valence-electron chi connectivity index (χ2n) is 7.92. The molecule has 2 heteroatoms. The van der Waals surface area contributed by atoms with Crippen LogP contribution < -0.4 is 4.74 Å². The van der Waals surface area contributed by atoms with E-state index in [1.54, 1.807) is 0 Å². The van der Waals surface area contributed by atoms with E-state index < -0.39 is 0 Å². The molecule has 0 radical (unpaired) electrons. The van der Waals surface area contributed by atoms with Crippen molar-refractivity contribution in [3.63, 3.8) is 0 Å². The van der Waals surface area contributed by atoms with Crippen LogP contribution in [0.15, 0.2) is 24.3 Å². The van der Waals surface area contributed by atoms with E-state index in [9.17, 15) is 0 Å². The maximum atomic E-state index is 8.75. The van der Waals surface area contributed by atoms with Crippen LogP contribution in [-0.2, 0) is 6.42 Å². The minimum Gasteiger partial charge on any atom is -0.494 e. The minimum atomic E-state index is 0.355. The van der Waals surface area contributed by atoms with Gasteiger partial charge in [-0.25, -0.2) is 0 Å². The van der Waals surface area contributed by atoms with Crippen molar-refractivity contribution in [1.29, 1.82) is 0 Å². The van der Waals surface area contributed by atoms with Gasteiger partial charge in [0.25, 0.3) is 0 Å². The first kappa shape index (κ1) is 24.0. The average Bonchev–Trinajstić information content (AvgIpc) is 2.69. The number of rotatable bonds is 19. The van der Waals surface area contributed by atoms with E-state index in [0.717, 1.165) is 18.8 Å². The van der Waals surface area contributed by atoms with Gasteiger partial charge in [0, 0.05) is 6.61 Å². The summed E-state index contributed by atoms with van der Waals surface area (Å²) in [5.41, 5.74) is 1.42. The van der Waals surface area contributed by atoms with Gasteiger partial charge in [-0.05, 0) is 43.4 Å². The molecule has 0 amide bonds. The molecule has 0 heterocycles. The second-order valence-corrected chi connectivity index (χ2v) is 7.92. The zero-order chi connectivity index (χ0) is 19.4. The van der Waals surface area contributed by atoms with Crippen LogP contribution in [0.25, 0.3) is 0 Å². The van der Waals surface area contributed by atoms with Crippen LogP contribution in [0.1, 0.15) is 109 Å². The zero-order valence-corrected chi connectivity index (χ0v) is 17.9. The highest BCUT2D eigenvalue weighted by Gasteiger charge is 1.99. The predicted octanol–water partition coefficient (Wildman–Crippen LogP) is 7.47. The Kier molecular flexibility index (Phi) is 16.3. The van der Waals surface area contributed by atoms with Gasteiger partial charge in [-0.2, -0.15) is 0 Å². The van der Waals surface area contributed by atoms with Crippen LogP contribution in [0.5, 0.6) is 5.75 Å². The molecular weight excluding hydrogens is 332 g/mol. The fourth-order valence-electron chi connectivity index (χ4n) is 3.54. The van der Waals surface area contributed by atoms with E-state index >= 15 is 0 Å². The summed E-state index contributed by atoms with van der Waals surface area (Å²) in [4.78, 5) is 0. The molecule has 27 heavy (non-hydrogen) atoms. The number of aliphatic hydroxyl groups is 1. The second kappa shape index (κ2) is 18.3. The first-order valence-corrected chi connectivity index (χ1v) is 11.7. The Hall–Kier alpha value is -1.02. The fraction of sp³-hybridized carbons (Fsp3) is 0.760. The van der Waals surface area contributed by atoms with Crippen LogP contribution in [0, 0.1) is 0 Å². The molecule has 1 aromatic rings. The molecule has 0 saturated heterocycles. The Morgan fingerprint density at radius 1 is 0.704 bits per heavy atom. The lowest BCUT2D eigenvalue weighted by atomic mass is 10.0. The van der Waals surface area contributed by atoms with Crippen molar-refractivity contribution < 1.29 is 9.84 Å². The maximum Gasteiger partial charge on any atom is 0.119 e. The van der Waals surface area contributed by atoms with Gasteiger partial charge in [0.15, 0.2) is 0 Å². The molecule has 0 aliphatic carbocycles. The smallest absolute Gasteiger partial charge is 0.119 e. The lowest BCUT2D eigenvalue weighted by molar-refractivity contribution is 0.282. The molecule has 0 bridgehead atoms. The SMILES string of the molecule is CCCCCCCOc1cccc(CCCCCCCCCCCCO)c1. The number of hydrogen-bond donors (Lipinski definition) is 1. The standard InChI is InChI=1S/C25H44O2/c1-2-3-4-13-16-22-27-25-20-17-19-24(23-25)18-14-11-9-7-5-6-8-10-12-15-21-26/h17,19-20,23,26H,2-16,18,21-22H2,1H3. The van der Waals surface area contributed by atoms with Crippen LogP contribution in [0.3, 0.4) is 0 Å². The zero-order valence-electron chi connectivity index (χ0n) is 17.9. The highest BCUT2D eigenvalue weighted by Crippen LogP contribution is 2.17. The van der Waals surface area contributed by atoms with Gasteiger partial charge >= 0.3 is 0 Å². The predicted molar refractivity (Wildman–Crippen MR) is 118 cm³/mol. The van der Waals surface area contributed by atoms with Crippen molar-refractivity contribution in [2.45, 2.75) is 110 Å². The van der Waals surface area contributed by atoms with E-state index in [-0.39, 0.29) is 0 Å². The van der Waals surface area contributed by atoms with Gasteiger partial charge < -0.3 is 9.84 Å². The summed E-state index contributed by atoms with van der Waals surface area (Å²) < 4.78 is 5.92. The van der Waals surface area contributed by atoms with Crippen molar-refractivity contribution in [1.82, 2.24) is 0 Å². The number of aryl methyl sites for hydroxylation is 1. The Morgan fingerprint density at radius 3 is 1.96 bits per heavy atom. The summed E-state index contributed by atoms with van der Waals surface area (Å²) in [7, 11) is 0. The van der Waals surface area contributed by atoms with Crippen LogP contribution in [0.4, 0.5) is 0 Å². The molecule has 0 fully saturated rings. The summed E-state index contributed by atoms with van der Waals surface area (Å²) in [6.07, 6.45) is 20.5. The number of aliphatic hydroxyl groups excluding tert-OH is 1. The van der Waals surface area contributed by atoms with E-state index in [4.69, 9.17) is 9.84 Å². The van der Waals surface area contributed by atoms with Gasteiger partial charge in [0.05, 0.1) is 6.61 Å². The molecule has 0 spiro atoms. The summed E-state index contributed by atoms with van der Waals surface area (Å²) in [6.45, 7) is 3.46. The third-order valence-corrected chi connectivity index (χ3v) is 5.29. The van der Waals surface area contributed by atoms with Gasteiger partial charge in [0.1, 0.15) is 5.75 Å². The maximum absolute atomic E-state index is 8.75. The van der Waals surface area contributed by atoms with E-state index in [2.05, 4.69) is 31.2 Å². The topological polar surface area (TPSA) is 29.5 Å². The van der Waals surface area contributed by atoms with Crippen LogP contribution in [-0.4, -0.2) is 18.3 Å². The molecular formula is C25H44O2. The number of unbranched alkanes of at least 4 members (excludes halogenated alkanes) is 13. The van der Waals surface area contributed by atoms with Crippen molar-refractivity contribution in [2.75, 3.05) is 13.2 Å². The largest absolute Gasteiger partial charge is 0.494 e. The summed E-state index contributed by atoms with van der Waals surface area (Å²) in [5.74, 6) is 1.05. The van der Waals surface area contributed by atoms with Crippen LogP contribution >= 0.6 is 0 Å². The fourth-order valence-corrected chi connectivity index (χ4v) is 3.54. The third-order valence-electron chi connectivity index (χ3n) is 5.29. The summed E-state index contributed by atoms with van der Waals surface area (Å²) in [6, 6.07) is 8.70. The van der Waals surface area contributed by atoms with Crippen molar-refractivity contribution in [3.8, 4) is 5.75 Å². The molecule has 2 nitrogen and oxygen atoms in total. The minimum absolute atomic E-state index is 0.355. The highest BCUT2D eigenvalue weighted by molar-refractivity contribution is 5.28. The molecule has 1 N–H and O–H groups in total. The van der Waals surface area contributed by atoms with Gasteiger partial charge in [-0.3, -0.25) is 0 Å². The highest BCUT2D eigenvalue weighted by atomic mass is 16.5. The molecule has 0 aliphatic heterocycles. The van der Waals surface area contributed by atoms with Gasteiger partial charge in [0.2, 0.25) is 0 Å². The number of hydrogen-bond acceptors (Lipinski definition) is 2. The monoisotopic (exact) mass is 376 g/mol. The summed E-state index contributed by atoms with van der Waals surface area (Å²) in [5, 5.41) is 8.75. The van der Waals surface area contributed by atoms with Crippen LogP contribution in [0.2, 0.25) is 0 Å². The Labute approximate surface area is 168 Å². The number of ether oxygens (including phenoxy) is 1. The quantitative estimate of drug-likeness (QED) is 0.254. The normalized spacial score (nSPS) is 11.0. The molecule has 0 aliphatic rings. The molecule has 0 saturated carbocycles. The Bertz CT molecular complexity index is 430. The molecule has 156 valence electrons. The molecule has 0 unspecified atom stereocenters. The summed E-state index contributed by atoms with van der Waals surface area (Å²) >= 11 is 0. The molecule has 0 aromatic heterocycles. The Morgan fingerprint density at radius 2 is 1.30 bits per heavy atom. The van der Waals surface area contributed by atoms with Gasteiger partial charge in [-0.1, -0.05) is 96.1 Å². The molecule has 1 aromatic carbocycles. The average molecular weight is 377 g/mol. The lowest BCUT2D eigenvalue weighted by Gasteiger charge is -2.08. The van der Waals surface area contributed by atoms with E-state index in [1.807, 2.05) is 0 Å². The number of benzene rings is 1. The first-order chi connectivity index (χ1) is 13.4. The first-order valence-electron chi connectivity index (χ1n) is 11.7. The van der Waals surface area contributed by atoms with Crippen molar-refractivity contribution in [3.05, 3.63) is 29.8 Å². The van der Waals surface area contributed by atoms with E-state index in [0.29, 0.717) is 6.61 Å². The molecule has 1 rings (SSSR count). The van der Waals surface area contributed by atoms with Crippen molar-refractivity contribution in [2.24, 2.45) is 0 Å². The van der Waals surface area contributed by atoms with Gasteiger partial charge in [-0.15, -0.1) is 0 Å².